The zero-order chi connectivity index (χ0) is 15.6. The van der Waals surface area contributed by atoms with Crippen molar-refractivity contribution in [3.63, 3.8) is 0 Å². The molecule has 5 nitrogen and oxygen atoms in total. The fourth-order valence-electron chi connectivity index (χ4n) is 1.76. The SMILES string of the molecule is CS(=O)(=O)CCn1cc(C=O)c(-c2ccc(Cl)c(Cl)c2)n1. The molecule has 0 unspecified atom stereocenters. The molecule has 0 aliphatic heterocycles. The Kier molecular flexibility index (Phi) is 4.70. The first-order valence-electron chi connectivity index (χ1n) is 5.96. The van der Waals surface area contributed by atoms with E-state index in [0.717, 1.165) is 6.26 Å². The molecule has 0 spiro atoms. The standard InChI is InChI=1S/C13H12Cl2N2O3S/c1-21(19,20)5-4-17-7-10(8-18)13(16-17)9-2-3-11(14)12(15)6-9/h2-3,6-8H,4-5H2,1H3. The van der Waals surface area contributed by atoms with Crippen LogP contribution in [0.4, 0.5) is 0 Å². The number of carbonyl (C=O) groups excluding carboxylic acids is 1. The Balaban J connectivity index is 2.37. The molecule has 0 saturated heterocycles. The van der Waals surface area contributed by atoms with Crippen LogP contribution in [0.25, 0.3) is 11.3 Å². The van der Waals surface area contributed by atoms with Crippen molar-refractivity contribution in [3.05, 3.63) is 40.0 Å². The van der Waals surface area contributed by atoms with E-state index in [1.807, 2.05) is 0 Å². The lowest BCUT2D eigenvalue weighted by Gasteiger charge is -2.01. The predicted octanol–water partition coefficient (Wildman–Crippen LogP) is 2.71. The Bertz CT molecular complexity index is 785. The molecule has 112 valence electrons. The van der Waals surface area contributed by atoms with Gasteiger partial charge in [-0.1, -0.05) is 29.3 Å². The fourth-order valence-corrected chi connectivity index (χ4v) is 2.58. The van der Waals surface area contributed by atoms with E-state index in [1.54, 1.807) is 18.2 Å². The average Bonchev–Trinajstić information content (AvgIpc) is 2.82. The Hall–Kier alpha value is -1.37. The summed E-state index contributed by atoms with van der Waals surface area (Å²) in [6, 6.07) is 4.92. The summed E-state index contributed by atoms with van der Waals surface area (Å²) in [5.74, 6) is -0.0478. The molecule has 8 heteroatoms. The fraction of sp³-hybridized carbons (Fsp3) is 0.231. The van der Waals surface area contributed by atoms with E-state index in [2.05, 4.69) is 5.10 Å². The topological polar surface area (TPSA) is 69.0 Å². The molecule has 0 saturated carbocycles. The molecular formula is C13H12Cl2N2O3S. The van der Waals surface area contributed by atoms with E-state index < -0.39 is 9.84 Å². The summed E-state index contributed by atoms with van der Waals surface area (Å²) < 4.78 is 23.8. The van der Waals surface area contributed by atoms with Crippen LogP contribution >= 0.6 is 23.2 Å². The van der Waals surface area contributed by atoms with Crippen molar-refractivity contribution >= 4 is 39.3 Å². The summed E-state index contributed by atoms with van der Waals surface area (Å²) in [5.41, 5.74) is 1.45. The number of hydrogen-bond acceptors (Lipinski definition) is 4. The van der Waals surface area contributed by atoms with Crippen molar-refractivity contribution in [3.8, 4) is 11.3 Å². The third-order valence-corrected chi connectivity index (χ3v) is 4.46. The molecule has 2 aromatic rings. The zero-order valence-corrected chi connectivity index (χ0v) is 13.4. The molecule has 0 radical (unpaired) electrons. The lowest BCUT2D eigenvalue weighted by molar-refractivity contribution is 0.112. The maximum Gasteiger partial charge on any atom is 0.153 e. The van der Waals surface area contributed by atoms with Crippen molar-refractivity contribution in [2.75, 3.05) is 12.0 Å². The second kappa shape index (κ2) is 6.17. The molecule has 0 bridgehead atoms. The van der Waals surface area contributed by atoms with E-state index in [0.29, 0.717) is 33.2 Å². The lowest BCUT2D eigenvalue weighted by atomic mass is 10.1. The summed E-state index contributed by atoms with van der Waals surface area (Å²) in [6.45, 7) is 0.182. The van der Waals surface area contributed by atoms with Crippen LogP contribution in [0.3, 0.4) is 0 Å². The maximum absolute atomic E-state index is 11.2. The summed E-state index contributed by atoms with van der Waals surface area (Å²) >= 11 is 11.8. The van der Waals surface area contributed by atoms with Gasteiger partial charge in [-0.05, 0) is 12.1 Å². The number of aryl methyl sites for hydroxylation is 1. The normalized spacial score (nSPS) is 11.6. The largest absolute Gasteiger partial charge is 0.298 e. The maximum atomic E-state index is 11.2. The van der Waals surface area contributed by atoms with Gasteiger partial charge in [0.1, 0.15) is 15.5 Å². The van der Waals surface area contributed by atoms with Gasteiger partial charge in [0.15, 0.2) is 6.29 Å². The molecular weight excluding hydrogens is 335 g/mol. The number of carbonyl (C=O) groups is 1. The van der Waals surface area contributed by atoms with E-state index in [1.165, 1.54) is 10.9 Å². The van der Waals surface area contributed by atoms with E-state index in [9.17, 15) is 13.2 Å². The van der Waals surface area contributed by atoms with Gasteiger partial charge in [-0.3, -0.25) is 9.48 Å². The quantitative estimate of drug-likeness (QED) is 0.780. The zero-order valence-electron chi connectivity index (χ0n) is 11.1. The third-order valence-electron chi connectivity index (χ3n) is 2.80. The summed E-state index contributed by atoms with van der Waals surface area (Å²) in [5, 5.41) is 5.01. The minimum Gasteiger partial charge on any atom is -0.298 e. The summed E-state index contributed by atoms with van der Waals surface area (Å²) in [7, 11) is -3.10. The van der Waals surface area contributed by atoms with Gasteiger partial charge in [0.05, 0.1) is 27.9 Å². The number of hydrogen-bond donors (Lipinski definition) is 0. The van der Waals surface area contributed by atoms with Crippen molar-refractivity contribution in [1.82, 2.24) is 9.78 Å². The van der Waals surface area contributed by atoms with Crippen LogP contribution in [0.15, 0.2) is 24.4 Å². The molecule has 21 heavy (non-hydrogen) atoms. The Morgan fingerprint density at radius 3 is 2.57 bits per heavy atom. The number of aldehydes is 1. The van der Waals surface area contributed by atoms with Crippen LogP contribution < -0.4 is 0 Å². The first-order valence-corrected chi connectivity index (χ1v) is 8.77. The van der Waals surface area contributed by atoms with Gasteiger partial charge in [-0.15, -0.1) is 0 Å². The van der Waals surface area contributed by atoms with E-state index in [4.69, 9.17) is 23.2 Å². The number of nitrogens with zero attached hydrogens (tertiary/aromatic N) is 2. The number of halogens is 2. The summed E-state index contributed by atoms with van der Waals surface area (Å²) in [4.78, 5) is 11.1. The van der Waals surface area contributed by atoms with Crippen LogP contribution in [0.5, 0.6) is 0 Å². The highest BCUT2D eigenvalue weighted by Crippen LogP contribution is 2.29. The molecule has 0 N–H and O–H groups in total. The number of benzene rings is 1. The van der Waals surface area contributed by atoms with Gasteiger partial charge in [0.25, 0.3) is 0 Å². The first kappa shape index (κ1) is 16.0. The number of sulfone groups is 1. The van der Waals surface area contributed by atoms with Gasteiger partial charge in [0.2, 0.25) is 0 Å². The molecule has 2 rings (SSSR count). The molecule has 0 atom stereocenters. The van der Waals surface area contributed by atoms with Crippen LogP contribution in [0.1, 0.15) is 10.4 Å². The molecule has 0 aliphatic carbocycles. The van der Waals surface area contributed by atoms with Gasteiger partial charge in [-0.2, -0.15) is 5.10 Å². The monoisotopic (exact) mass is 346 g/mol. The second-order valence-corrected chi connectivity index (χ2v) is 7.65. The molecule has 1 aromatic carbocycles. The Morgan fingerprint density at radius 1 is 1.29 bits per heavy atom. The van der Waals surface area contributed by atoms with Crippen molar-refractivity contribution in [2.45, 2.75) is 6.54 Å². The smallest absolute Gasteiger partial charge is 0.153 e. The summed E-state index contributed by atoms with van der Waals surface area (Å²) in [6.07, 6.45) is 3.33. The molecule has 0 fully saturated rings. The van der Waals surface area contributed by atoms with Crippen molar-refractivity contribution in [2.24, 2.45) is 0 Å². The van der Waals surface area contributed by atoms with Crippen LogP contribution in [0.2, 0.25) is 10.0 Å². The number of aromatic nitrogens is 2. The van der Waals surface area contributed by atoms with Crippen LogP contribution in [-0.4, -0.2) is 36.5 Å². The van der Waals surface area contributed by atoms with Gasteiger partial charge < -0.3 is 0 Å². The van der Waals surface area contributed by atoms with Gasteiger partial charge in [0, 0.05) is 18.0 Å². The highest BCUT2D eigenvalue weighted by atomic mass is 35.5. The number of rotatable bonds is 5. The average molecular weight is 347 g/mol. The third kappa shape index (κ3) is 4.06. The van der Waals surface area contributed by atoms with Crippen LogP contribution in [0, 0.1) is 0 Å². The van der Waals surface area contributed by atoms with Crippen LogP contribution in [-0.2, 0) is 16.4 Å². The Labute approximate surface area is 132 Å². The predicted molar refractivity (Wildman–Crippen MR) is 82.8 cm³/mol. The molecule has 0 aliphatic rings. The lowest BCUT2D eigenvalue weighted by Crippen LogP contribution is -2.11. The van der Waals surface area contributed by atoms with Crippen molar-refractivity contribution in [1.29, 1.82) is 0 Å². The molecule has 1 heterocycles. The minimum atomic E-state index is -3.10. The van der Waals surface area contributed by atoms with Gasteiger partial charge >= 0.3 is 0 Å². The Morgan fingerprint density at radius 2 is 2.00 bits per heavy atom. The highest BCUT2D eigenvalue weighted by Gasteiger charge is 2.13. The van der Waals surface area contributed by atoms with Gasteiger partial charge in [-0.25, -0.2) is 8.42 Å². The van der Waals surface area contributed by atoms with E-state index in [-0.39, 0.29) is 12.3 Å². The van der Waals surface area contributed by atoms with Crippen molar-refractivity contribution < 1.29 is 13.2 Å². The first-order chi connectivity index (χ1) is 9.80. The molecule has 0 amide bonds. The minimum absolute atomic E-state index is 0.0478. The van der Waals surface area contributed by atoms with E-state index >= 15 is 0 Å². The molecule has 1 aromatic heterocycles. The second-order valence-electron chi connectivity index (χ2n) is 4.57. The highest BCUT2D eigenvalue weighted by molar-refractivity contribution is 7.90.